The number of hydrogen-bond donors (Lipinski definition) is 0. The van der Waals surface area contributed by atoms with E-state index in [2.05, 4.69) is 25.7 Å². The fourth-order valence-electron chi connectivity index (χ4n) is 2.91. The number of aldehydes is 1. The van der Waals surface area contributed by atoms with Crippen molar-refractivity contribution in [2.75, 3.05) is 11.4 Å². The SMILES string of the molecule is CC1CC(C)C(C)N(c2ccc(F)cc2C=O)C1. The predicted octanol–water partition coefficient (Wildman–Crippen LogP) is 3.51. The zero-order valence-electron chi connectivity index (χ0n) is 11.2. The fraction of sp³-hybridized carbons (Fsp3) is 0.533. The first-order valence-corrected chi connectivity index (χ1v) is 6.54. The molecule has 2 nitrogen and oxygen atoms in total. The van der Waals surface area contributed by atoms with E-state index < -0.39 is 0 Å². The van der Waals surface area contributed by atoms with E-state index in [0.29, 0.717) is 23.4 Å². The van der Waals surface area contributed by atoms with Gasteiger partial charge in [0.05, 0.1) is 0 Å². The van der Waals surface area contributed by atoms with E-state index >= 15 is 0 Å². The number of hydrogen-bond acceptors (Lipinski definition) is 2. The molecule has 1 saturated heterocycles. The van der Waals surface area contributed by atoms with Crippen molar-refractivity contribution in [3.05, 3.63) is 29.6 Å². The fourth-order valence-corrected chi connectivity index (χ4v) is 2.91. The van der Waals surface area contributed by atoms with Crippen LogP contribution in [-0.4, -0.2) is 18.9 Å². The summed E-state index contributed by atoms with van der Waals surface area (Å²) < 4.78 is 13.2. The number of piperidine rings is 1. The Morgan fingerprint density at radius 2 is 2.06 bits per heavy atom. The van der Waals surface area contributed by atoms with Crippen molar-refractivity contribution in [2.24, 2.45) is 11.8 Å². The lowest BCUT2D eigenvalue weighted by Crippen LogP contribution is -2.46. The third-order valence-corrected chi connectivity index (χ3v) is 4.02. The Morgan fingerprint density at radius 3 is 2.72 bits per heavy atom. The highest BCUT2D eigenvalue weighted by molar-refractivity contribution is 5.84. The molecule has 18 heavy (non-hydrogen) atoms. The summed E-state index contributed by atoms with van der Waals surface area (Å²) in [6.45, 7) is 7.56. The molecule has 98 valence electrons. The molecule has 1 aromatic carbocycles. The summed E-state index contributed by atoms with van der Waals surface area (Å²) >= 11 is 0. The standard InChI is InChI=1S/C15H20FNO/c1-10-6-11(2)12(3)17(8-10)15-5-4-14(16)7-13(15)9-18/h4-5,7,9-12H,6,8H2,1-3H3. The molecule has 0 aliphatic carbocycles. The maximum atomic E-state index is 13.2. The molecule has 3 atom stereocenters. The second-order valence-electron chi connectivity index (χ2n) is 5.53. The lowest BCUT2D eigenvalue weighted by molar-refractivity contribution is 0.112. The van der Waals surface area contributed by atoms with E-state index in [1.54, 1.807) is 6.07 Å². The van der Waals surface area contributed by atoms with Crippen LogP contribution in [0.2, 0.25) is 0 Å². The highest BCUT2D eigenvalue weighted by Crippen LogP contribution is 2.32. The summed E-state index contributed by atoms with van der Waals surface area (Å²) in [5.41, 5.74) is 1.31. The highest BCUT2D eigenvalue weighted by Gasteiger charge is 2.29. The highest BCUT2D eigenvalue weighted by atomic mass is 19.1. The van der Waals surface area contributed by atoms with E-state index in [9.17, 15) is 9.18 Å². The number of halogens is 1. The van der Waals surface area contributed by atoms with Crippen LogP contribution in [0.25, 0.3) is 0 Å². The lowest BCUT2D eigenvalue weighted by atomic mass is 9.85. The van der Waals surface area contributed by atoms with Gasteiger partial charge in [0.2, 0.25) is 0 Å². The van der Waals surface area contributed by atoms with E-state index in [0.717, 1.165) is 18.5 Å². The molecule has 1 aliphatic rings. The molecular weight excluding hydrogens is 229 g/mol. The van der Waals surface area contributed by atoms with Crippen LogP contribution in [0.1, 0.15) is 37.6 Å². The second-order valence-corrected chi connectivity index (χ2v) is 5.53. The van der Waals surface area contributed by atoms with Gasteiger partial charge in [-0.05, 0) is 43.4 Å². The summed E-state index contributed by atoms with van der Waals surface area (Å²) in [5.74, 6) is 0.825. The smallest absolute Gasteiger partial charge is 0.152 e. The van der Waals surface area contributed by atoms with Crippen molar-refractivity contribution in [1.29, 1.82) is 0 Å². The molecule has 3 unspecified atom stereocenters. The Morgan fingerprint density at radius 1 is 1.33 bits per heavy atom. The minimum Gasteiger partial charge on any atom is -0.368 e. The van der Waals surface area contributed by atoms with Crippen LogP contribution in [0.15, 0.2) is 18.2 Å². The third kappa shape index (κ3) is 2.40. The van der Waals surface area contributed by atoms with E-state index in [1.165, 1.54) is 18.6 Å². The van der Waals surface area contributed by atoms with Crippen LogP contribution in [-0.2, 0) is 0 Å². The van der Waals surface area contributed by atoms with Crippen LogP contribution in [0.4, 0.5) is 10.1 Å². The van der Waals surface area contributed by atoms with E-state index in [1.807, 2.05) is 0 Å². The monoisotopic (exact) mass is 249 g/mol. The second kappa shape index (κ2) is 5.09. The number of carbonyl (C=O) groups is 1. The summed E-state index contributed by atoms with van der Waals surface area (Å²) in [5, 5.41) is 0. The van der Waals surface area contributed by atoms with E-state index in [4.69, 9.17) is 0 Å². The van der Waals surface area contributed by atoms with Crippen LogP contribution < -0.4 is 4.90 Å². The van der Waals surface area contributed by atoms with Crippen molar-refractivity contribution < 1.29 is 9.18 Å². The summed E-state index contributed by atoms with van der Waals surface area (Å²) in [6.07, 6.45) is 1.95. The van der Waals surface area contributed by atoms with Gasteiger partial charge in [0.25, 0.3) is 0 Å². The molecule has 0 radical (unpaired) electrons. The summed E-state index contributed by atoms with van der Waals surface area (Å²) in [6, 6.07) is 4.85. The van der Waals surface area contributed by atoms with E-state index in [-0.39, 0.29) is 5.82 Å². The first kappa shape index (κ1) is 13.1. The average Bonchev–Trinajstić information content (AvgIpc) is 2.34. The van der Waals surface area contributed by atoms with Crippen molar-refractivity contribution in [3.63, 3.8) is 0 Å². The van der Waals surface area contributed by atoms with Gasteiger partial charge < -0.3 is 4.90 Å². The quantitative estimate of drug-likeness (QED) is 0.748. The van der Waals surface area contributed by atoms with Gasteiger partial charge in [-0.1, -0.05) is 13.8 Å². The molecule has 0 aromatic heterocycles. The molecule has 1 aromatic rings. The molecule has 0 N–H and O–H groups in total. The molecule has 0 spiro atoms. The molecule has 2 rings (SSSR count). The number of carbonyl (C=O) groups excluding carboxylic acids is 1. The Balaban J connectivity index is 2.37. The first-order valence-electron chi connectivity index (χ1n) is 6.54. The zero-order valence-corrected chi connectivity index (χ0v) is 11.2. The number of nitrogens with zero attached hydrogens (tertiary/aromatic N) is 1. The predicted molar refractivity (Wildman–Crippen MR) is 71.5 cm³/mol. The molecule has 0 bridgehead atoms. The molecular formula is C15H20FNO. The Bertz CT molecular complexity index is 446. The van der Waals surface area contributed by atoms with Crippen LogP contribution in [0, 0.1) is 17.7 Å². The molecule has 0 amide bonds. The van der Waals surface area contributed by atoms with Gasteiger partial charge in [-0.25, -0.2) is 4.39 Å². The topological polar surface area (TPSA) is 20.3 Å². The Hall–Kier alpha value is -1.38. The third-order valence-electron chi connectivity index (χ3n) is 4.02. The largest absolute Gasteiger partial charge is 0.368 e. The Labute approximate surface area is 108 Å². The summed E-state index contributed by atoms with van der Waals surface area (Å²) in [4.78, 5) is 13.3. The van der Waals surface area contributed by atoms with Crippen LogP contribution in [0.5, 0.6) is 0 Å². The number of anilines is 1. The molecule has 1 fully saturated rings. The van der Waals surface area contributed by atoms with Gasteiger partial charge in [-0.2, -0.15) is 0 Å². The van der Waals surface area contributed by atoms with Gasteiger partial charge >= 0.3 is 0 Å². The summed E-state index contributed by atoms with van der Waals surface area (Å²) in [7, 11) is 0. The van der Waals surface area contributed by atoms with Crippen molar-refractivity contribution in [3.8, 4) is 0 Å². The van der Waals surface area contributed by atoms with Crippen LogP contribution >= 0.6 is 0 Å². The van der Waals surface area contributed by atoms with Gasteiger partial charge in [-0.15, -0.1) is 0 Å². The molecule has 1 heterocycles. The normalized spacial score (nSPS) is 28.2. The van der Waals surface area contributed by atoms with Crippen molar-refractivity contribution in [2.45, 2.75) is 33.2 Å². The van der Waals surface area contributed by atoms with Crippen molar-refractivity contribution in [1.82, 2.24) is 0 Å². The Kier molecular flexibility index (Phi) is 3.69. The van der Waals surface area contributed by atoms with Gasteiger partial charge in [0.15, 0.2) is 6.29 Å². The minimum absolute atomic E-state index is 0.355. The minimum atomic E-state index is -0.355. The lowest BCUT2D eigenvalue weighted by Gasteiger charge is -2.43. The van der Waals surface area contributed by atoms with Gasteiger partial charge in [-0.3, -0.25) is 4.79 Å². The maximum absolute atomic E-state index is 13.2. The number of rotatable bonds is 2. The average molecular weight is 249 g/mol. The molecule has 1 aliphatic heterocycles. The van der Waals surface area contributed by atoms with Crippen LogP contribution in [0.3, 0.4) is 0 Å². The van der Waals surface area contributed by atoms with Crippen molar-refractivity contribution >= 4 is 12.0 Å². The zero-order chi connectivity index (χ0) is 13.3. The molecule has 3 heteroatoms. The van der Waals surface area contributed by atoms with Gasteiger partial charge in [0, 0.05) is 23.8 Å². The van der Waals surface area contributed by atoms with Gasteiger partial charge in [0.1, 0.15) is 5.82 Å². The number of benzene rings is 1. The first-order chi connectivity index (χ1) is 8.52. The maximum Gasteiger partial charge on any atom is 0.152 e. The molecule has 0 saturated carbocycles.